The van der Waals surface area contributed by atoms with Gasteiger partial charge in [0.1, 0.15) is 13.1 Å². The summed E-state index contributed by atoms with van der Waals surface area (Å²) in [4.78, 5) is 18.0. The Labute approximate surface area is 152 Å². The van der Waals surface area contributed by atoms with Crippen molar-refractivity contribution in [3.05, 3.63) is 76.5 Å². The molecule has 1 N–H and O–H groups in total. The lowest BCUT2D eigenvalue weighted by Gasteiger charge is -2.27. The number of quaternary nitrogens is 1. The number of likely N-dealkylation sites (N-methyl/N-ethyl adjacent to an activating group) is 1. The van der Waals surface area contributed by atoms with Crippen LogP contribution in [0.3, 0.4) is 0 Å². The van der Waals surface area contributed by atoms with Crippen molar-refractivity contribution in [2.45, 2.75) is 13.5 Å². The fraction of sp³-hybridized carbons (Fsp3) is 0.182. The van der Waals surface area contributed by atoms with Crippen LogP contribution in [0.5, 0.6) is 0 Å². The third-order valence-electron chi connectivity index (χ3n) is 4.86. The molecule has 130 valence electrons. The van der Waals surface area contributed by atoms with Crippen molar-refractivity contribution < 1.29 is 14.8 Å². The summed E-state index contributed by atoms with van der Waals surface area (Å²) >= 11 is 0. The molecule has 3 aromatic rings. The van der Waals surface area contributed by atoms with E-state index in [9.17, 15) is 9.90 Å². The number of aryl methyl sites for hydroxylation is 1. The van der Waals surface area contributed by atoms with Crippen molar-refractivity contribution in [1.29, 1.82) is 0 Å². The van der Waals surface area contributed by atoms with Crippen molar-refractivity contribution in [1.82, 2.24) is 4.98 Å². The van der Waals surface area contributed by atoms with Gasteiger partial charge in [0, 0.05) is 22.1 Å². The SMILES string of the molecule is Cc1cccc(/C=C2\C[NH+](C)Cc3c2nc2ccccc2c3C(=O)[O-])c1. The van der Waals surface area contributed by atoms with Crippen LogP contribution >= 0.6 is 0 Å². The predicted octanol–water partition coefficient (Wildman–Crippen LogP) is 1.48. The van der Waals surface area contributed by atoms with Crippen molar-refractivity contribution in [3.8, 4) is 0 Å². The molecular weight excluding hydrogens is 324 g/mol. The first-order valence-electron chi connectivity index (χ1n) is 8.75. The molecule has 26 heavy (non-hydrogen) atoms. The highest BCUT2D eigenvalue weighted by atomic mass is 16.4. The maximum atomic E-state index is 11.9. The summed E-state index contributed by atoms with van der Waals surface area (Å²) in [6, 6.07) is 15.7. The van der Waals surface area contributed by atoms with E-state index in [0.717, 1.165) is 28.9 Å². The van der Waals surface area contributed by atoms with E-state index in [1.807, 2.05) is 30.3 Å². The van der Waals surface area contributed by atoms with Crippen molar-refractivity contribution in [3.63, 3.8) is 0 Å². The molecule has 0 saturated carbocycles. The Morgan fingerprint density at radius 3 is 2.73 bits per heavy atom. The normalized spacial score (nSPS) is 18.1. The maximum Gasteiger partial charge on any atom is 0.106 e. The van der Waals surface area contributed by atoms with E-state index in [-0.39, 0.29) is 5.56 Å². The zero-order chi connectivity index (χ0) is 18.3. The van der Waals surface area contributed by atoms with Crippen LogP contribution in [-0.2, 0) is 6.54 Å². The molecule has 1 aliphatic rings. The second-order valence-corrected chi connectivity index (χ2v) is 7.01. The smallest absolute Gasteiger partial charge is 0.106 e. The quantitative estimate of drug-likeness (QED) is 0.766. The Morgan fingerprint density at radius 1 is 1.15 bits per heavy atom. The molecule has 4 heteroatoms. The molecule has 1 aliphatic heterocycles. The standard InChI is InChI=1S/C22H20N2O2/c1-14-6-5-7-15(10-14)11-16-12-24(2)13-18-20(22(25)26)17-8-3-4-9-19(17)23-21(16)18/h3-11H,12-13H2,1-2H3,(H,25,26)/b16-11+. The second kappa shape index (κ2) is 6.39. The third kappa shape index (κ3) is 2.89. The Balaban J connectivity index is 1.99. The number of benzene rings is 2. The highest BCUT2D eigenvalue weighted by Gasteiger charge is 2.27. The van der Waals surface area contributed by atoms with Crippen molar-refractivity contribution in [2.75, 3.05) is 13.6 Å². The summed E-state index contributed by atoms with van der Waals surface area (Å²) in [6.45, 7) is 3.49. The molecule has 1 aromatic heterocycles. The first kappa shape index (κ1) is 16.5. The van der Waals surface area contributed by atoms with Crippen molar-refractivity contribution in [2.24, 2.45) is 0 Å². The van der Waals surface area contributed by atoms with Crippen LogP contribution in [0.25, 0.3) is 22.6 Å². The molecule has 0 aliphatic carbocycles. The molecule has 2 aromatic carbocycles. The van der Waals surface area contributed by atoms with Gasteiger partial charge in [0.05, 0.1) is 24.2 Å². The van der Waals surface area contributed by atoms with E-state index in [0.29, 0.717) is 17.4 Å². The van der Waals surface area contributed by atoms with Gasteiger partial charge in [-0.2, -0.15) is 0 Å². The van der Waals surface area contributed by atoms with Gasteiger partial charge in [-0.1, -0.05) is 48.0 Å². The van der Waals surface area contributed by atoms with E-state index >= 15 is 0 Å². The fourth-order valence-electron chi connectivity index (χ4n) is 3.78. The number of aromatic nitrogens is 1. The number of carbonyl (C=O) groups is 1. The number of nitrogens with zero attached hydrogens (tertiary/aromatic N) is 1. The number of carboxylic acid groups (broad SMARTS) is 1. The van der Waals surface area contributed by atoms with Gasteiger partial charge < -0.3 is 14.8 Å². The van der Waals surface area contributed by atoms with Crippen LogP contribution in [0.2, 0.25) is 0 Å². The van der Waals surface area contributed by atoms with Gasteiger partial charge in [-0.05, 0) is 24.6 Å². The molecule has 2 heterocycles. The monoisotopic (exact) mass is 344 g/mol. The van der Waals surface area contributed by atoms with Gasteiger partial charge >= 0.3 is 0 Å². The highest BCUT2D eigenvalue weighted by Crippen LogP contribution is 2.29. The van der Waals surface area contributed by atoms with E-state index in [4.69, 9.17) is 4.98 Å². The summed E-state index contributed by atoms with van der Waals surface area (Å²) in [6.07, 6.45) is 2.12. The number of para-hydroxylation sites is 1. The Hall–Kier alpha value is -2.98. The summed E-state index contributed by atoms with van der Waals surface area (Å²) in [5.74, 6) is -1.13. The zero-order valence-corrected chi connectivity index (χ0v) is 14.9. The zero-order valence-electron chi connectivity index (χ0n) is 14.9. The molecule has 4 rings (SSSR count). The number of rotatable bonds is 2. The lowest BCUT2D eigenvalue weighted by Crippen LogP contribution is -3.08. The second-order valence-electron chi connectivity index (χ2n) is 7.01. The van der Waals surface area contributed by atoms with Gasteiger partial charge in [0.15, 0.2) is 0 Å². The fourth-order valence-corrected chi connectivity index (χ4v) is 3.78. The van der Waals surface area contributed by atoms with Gasteiger partial charge in [0.2, 0.25) is 0 Å². The molecule has 0 fully saturated rings. The lowest BCUT2D eigenvalue weighted by molar-refractivity contribution is -0.887. The molecule has 1 unspecified atom stereocenters. The Kier molecular flexibility index (Phi) is 4.05. The number of carbonyl (C=O) groups excluding carboxylic acids is 1. The minimum atomic E-state index is -1.13. The largest absolute Gasteiger partial charge is 0.545 e. The summed E-state index contributed by atoms with van der Waals surface area (Å²) < 4.78 is 0. The molecule has 1 atom stereocenters. The number of nitrogens with one attached hydrogen (secondary N) is 1. The van der Waals surface area contributed by atoms with E-state index < -0.39 is 5.97 Å². The van der Waals surface area contributed by atoms with E-state index in [1.54, 1.807) is 0 Å². The van der Waals surface area contributed by atoms with Gasteiger partial charge in [-0.25, -0.2) is 4.98 Å². The molecule has 4 nitrogen and oxygen atoms in total. The molecular formula is C22H20N2O2. The molecule has 0 radical (unpaired) electrons. The van der Waals surface area contributed by atoms with Gasteiger partial charge in [-0.15, -0.1) is 0 Å². The molecule has 0 bridgehead atoms. The summed E-state index contributed by atoms with van der Waals surface area (Å²) in [5.41, 5.74) is 5.88. The van der Waals surface area contributed by atoms with Gasteiger partial charge in [-0.3, -0.25) is 0 Å². The number of aromatic carboxylic acids is 1. The van der Waals surface area contributed by atoms with Crippen LogP contribution in [0.1, 0.15) is 32.7 Å². The van der Waals surface area contributed by atoms with E-state index in [2.05, 4.69) is 38.2 Å². The Bertz CT molecular complexity index is 1050. The number of hydrogen-bond donors (Lipinski definition) is 1. The van der Waals surface area contributed by atoms with Crippen LogP contribution in [0.4, 0.5) is 0 Å². The van der Waals surface area contributed by atoms with Crippen molar-refractivity contribution >= 4 is 28.5 Å². The third-order valence-corrected chi connectivity index (χ3v) is 4.86. The number of carboxylic acids is 1. The lowest BCUT2D eigenvalue weighted by atomic mass is 9.92. The molecule has 0 spiro atoms. The first-order chi connectivity index (χ1) is 12.5. The number of fused-ring (bicyclic) bond motifs is 2. The van der Waals surface area contributed by atoms with Crippen LogP contribution < -0.4 is 10.0 Å². The molecule has 0 saturated heterocycles. The minimum Gasteiger partial charge on any atom is -0.545 e. The Morgan fingerprint density at radius 2 is 1.96 bits per heavy atom. The molecule has 0 amide bonds. The summed E-state index contributed by atoms with van der Waals surface area (Å²) in [5, 5.41) is 12.6. The van der Waals surface area contributed by atoms with Crippen LogP contribution in [0.15, 0.2) is 48.5 Å². The first-order valence-corrected chi connectivity index (χ1v) is 8.75. The average molecular weight is 344 g/mol. The number of pyridine rings is 1. The summed E-state index contributed by atoms with van der Waals surface area (Å²) in [7, 11) is 2.07. The minimum absolute atomic E-state index is 0.278. The van der Waals surface area contributed by atoms with Gasteiger partial charge in [0.25, 0.3) is 0 Å². The van der Waals surface area contributed by atoms with Crippen LogP contribution in [-0.4, -0.2) is 24.5 Å². The average Bonchev–Trinajstić information content (AvgIpc) is 2.59. The highest BCUT2D eigenvalue weighted by molar-refractivity contribution is 6.05. The topological polar surface area (TPSA) is 57.5 Å². The maximum absolute atomic E-state index is 11.9. The number of hydrogen-bond acceptors (Lipinski definition) is 3. The predicted molar refractivity (Wildman–Crippen MR) is 101 cm³/mol. The van der Waals surface area contributed by atoms with Crippen LogP contribution in [0, 0.1) is 6.92 Å². The van der Waals surface area contributed by atoms with E-state index in [1.165, 1.54) is 10.5 Å².